The number of hydrogen-bond acceptors (Lipinski definition) is 0. The maximum atomic E-state index is 2.55. The molecule has 2 aromatic carbocycles. The average molecular weight is 314 g/mol. The number of aromatic nitrogens is 2. The van der Waals surface area contributed by atoms with Gasteiger partial charge < -0.3 is 9.13 Å². The van der Waals surface area contributed by atoms with Crippen LogP contribution in [0.5, 0.6) is 0 Å². The molecule has 0 amide bonds. The van der Waals surface area contributed by atoms with Crippen LogP contribution in [0.3, 0.4) is 0 Å². The molecule has 24 heavy (non-hydrogen) atoms. The van der Waals surface area contributed by atoms with Crippen molar-refractivity contribution in [2.45, 2.75) is 32.2 Å². The molecule has 4 aromatic rings. The molecule has 3 heterocycles. The molecule has 0 N–H and O–H groups in total. The number of benzene rings is 2. The second-order valence-electron chi connectivity index (χ2n) is 7.40. The zero-order chi connectivity index (χ0) is 16.5. The zero-order valence-electron chi connectivity index (χ0n) is 14.5. The first-order valence-electron chi connectivity index (χ1n) is 8.74. The van der Waals surface area contributed by atoms with Crippen LogP contribution in [0.2, 0.25) is 0 Å². The van der Waals surface area contributed by atoms with E-state index in [1.165, 1.54) is 45.0 Å². The number of nitrogens with zero attached hydrogens (tertiary/aromatic N) is 2. The highest BCUT2D eigenvalue weighted by molar-refractivity contribution is 5.89. The summed E-state index contributed by atoms with van der Waals surface area (Å²) < 4.78 is 4.82. The molecule has 2 aromatic heterocycles. The van der Waals surface area contributed by atoms with Crippen LogP contribution < -0.4 is 0 Å². The van der Waals surface area contributed by atoms with Gasteiger partial charge in [0, 0.05) is 52.7 Å². The number of hydrogen-bond donors (Lipinski definition) is 0. The summed E-state index contributed by atoms with van der Waals surface area (Å²) in [6.07, 6.45) is 3.51. The fourth-order valence-corrected chi connectivity index (χ4v) is 4.92. The van der Waals surface area contributed by atoms with Crippen LogP contribution in [-0.2, 0) is 19.0 Å². The Balaban J connectivity index is 1.85. The first kappa shape index (κ1) is 13.9. The summed E-state index contributed by atoms with van der Waals surface area (Å²) in [6, 6.07) is 17.6. The highest BCUT2D eigenvalue weighted by Gasteiger charge is 2.41. The molecule has 2 heteroatoms. The van der Waals surface area contributed by atoms with Crippen molar-refractivity contribution in [3.63, 3.8) is 0 Å². The number of rotatable bonds is 1. The first-order valence-corrected chi connectivity index (χ1v) is 8.74. The van der Waals surface area contributed by atoms with Gasteiger partial charge in [0.05, 0.1) is 0 Å². The molecule has 1 aliphatic rings. The van der Waals surface area contributed by atoms with Crippen molar-refractivity contribution < 1.29 is 0 Å². The van der Waals surface area contributed by atoms with Crippen LogP contribution >= 0.6 is 0 Å². The van der Waals surface area contributed by atoms with E-state index in [1.54, 1.807) is 0 Å². The van der Waals surface area contributed by atoms with Crippen molar-refractivity contribution >= 4 is 21.8 Å². The van der Waals surface area contributed by atoms with Crippen molar-refractivity contribution in [2.75, 3.05) is 0 Å². The quantitative estimate of drug-likeness (QED) is 0.460. The van der Waals surface area contributed by atoms with E-state index in [-0.39, 0.29) is 5.41 Å². The second kappa shape index (κ2) is 4.54. The standard InChI is InChI=1S/C22H22N2/c1-15-16-8-4-7-11-20(16)24-13-12-22(2,21(15)24)18-14-23(3)19-10-6-5-9-17(18)19/h4-11,14H,12-13H2,1-3H3. The van der Waals surface area contributed by atoms with Crippen molar-refractivity contribution in [3.8, 4) is 0 Å². The van der Waals surface area contributed by atoms with Gasteiger partial charge in [-0.25, -0.2) is 0 Å². The number of para-hydroxylation sites is 2. The van der Waals surface area contributed by atoms with Crippen molar-refractivity contribution in [3.05, 3.63) is 71.5 Å². The molecule has 5 rings (SSSR count). The average Bonchev–Trinajstić information content (AvgIpc) is 3.22. The van der Waals surface area contributed by atoms with Gasteiger partial charge in [-0.05, 0) is 43.5 Å². The third-order valence-corrected chi connectivity index (χ3v) is 6.07. The van der Waals surface area contributed by atoms with Gasteiger partial charge in [-0.3, -0.25) is 0 Å². The van der Waals surface area contributed by atoms with Crippen LogP contribution in [0, 0.1) is 6.92 Å². The summed E-state index contributed by atoms with van der Waals surface area (Å²) in [4.78, 5) is 0. The van der Waals surface area contributed by atoms with Gasteiger partial charge in [-0.15, -0.1) is 0 Å². The molecule has 1 atom stereocenters. The summed E-state index contributed by atoms with van der Waals surface area (Å²) in [7, 11) is 2.16. The molecule has 0 spiro atoms. The lowest BCUT2D eigenvalue weighted by Crippen LogP contribution is -2.20. The van der Waals surface area contributed by atoms with E-state index < -0.39 is 0 Å². The van der Waals surface area contributed by atoms with Gasteiger partial charge in [0.15, 0.2) is 0 Å². The van der Waals surface area contributed by atoms with E-state index in [0.29, 0.717) is 0 Å². The van der Waals surface area contributed by atoms with Gasteiger partial charge >= 0.3 is 0 Å². The lowest BCUT2D eigenvalue weighted by molar-refractivity contribution is 0.564. The smallest absolute Gasteiger partial charge is 0.0485 e. The minimum absolute atomic E-state index is 0.0734. The maximum Gasteiger partial charge on any atom is 0.0485 e. The van der Waals surface area contributed by atoms with Gasteiger partial charge in [0.1, 0.15) is 0 Å². The molecule has 2 nitrogen and oxygen atoms in total. The normalized spacial score (nSPS) is 20.1. The first-order chi connectivity index (χ1) is 11.6. The van der Waals surface area contributed by atoms with Crippen LogP contribution in [0.1, 0.15) is 30.2 Å². The van der Waals surface area contributed by atoms with E-state index in [0.717, 1.165) is 6.54 Å². The van der Waals surface area contributed by atoms with E-state index >= 15 is 0 Å². The van der Waals surface area contributed by atoms with Crippen LogP contribution in [0.4, 0.5) is 0 Å². The lowest BCUT2D eigenvalue weighted by atomic mass is 9.77. The van der Waals surface area contributed by atoms with Crippen LogP contribution in [0.25, 0.3) is 21.8 Å². The Kier molecular flexibility index (Phi) is 2.63. The highest BCUT2D eigenvalue weighted by Crippen LogP contribution is 2.48. The molecule has 0 bridgehead atoms. The van der Waals surface area contributed by atoms with Crippen LogP contribution in [0.15, 0.2) is 54.7 Å². The molecule has 1 aliphatic heterocycles. The van der Waals surface area contributed by atoms with E-state index in [2.05, 4.69) is 84.8 Å². The summed E-state index contributed by atoms with van der Waals surface area (Å²) in [5, 5.41) is 2.79. The Labute approximate surface area is 142 Å². The van der Waals surface area contributed by atoms with Crippen molar-refractivity contribution in [1.82, 2.24) is 9.13 Å². The molecule has 0 aliphatic carbocycles. The maximum absolute atomic E-state index is 2.55. The number of aryl methyl sites for hydroxylation is 3. The molecular weight excluding hydrogens is 292 g/mol. The van der Waals surface area contributed by atoms with E-state index in [4.69, 9.17) is 0 Å². The topological polar surface area (TPSA) is 9.86 Å². The summed E-state index contributed by atoms with van der Waals surface area (Å²) in [6.45, 7) is 5.83. The highest BCUT2D eigenvalue weighted by atomic mass is 15.0. The molecule has 1 unspecified atom stereocenters. The lowest BCUT2D eigenvalue weighted by Gasteiger charge is -2.25. The molecule has 120 valence electrons. The third-order valence-electron chi connectivity index (χ3n) is 6.07. The second-order valence-corrected chi connectivity index (χ2v) is 7.40. The summed E-state index contributed by atoms with van der Waals surface area (Å²) >= 11 is 0. The minimum atomic E-state index is 0.0734. The zero-order valence-corrected chi connectivity index (χ0v) is 14.5. The van der Waals surface area contributed by atoms with Crippen molar-refractivity contribution in [2.24, 2.45) is 7.05 Å². The SMILES string of the molecule is Cc1c2n(c3ccccc13)CCC2(C)c1cn(C)c2ccccc12. The summed E-state index contributed by atoms with van der Waals surface area (Å²) in [5.74, 6) is 0. The Morgan fingerprint density at radius 2 is 1.58 bits per heavy atom. The fraction of sp³-hybridized carbons (Fsp3) is 0.273. The monoisotopic (exact) mass is 314 g/mol. The summed E-state index contributed by atoms with van der Waals surface area (Å²) in [5.41, 5.74) is 7.18. The molecule has 0 saturated carbocycles. The number of fused-ring (bicyclic) bond motifs is 4. The van der Waals surface area contributed by atoms with E-state index in [1.807, 2.05) is 0 Å². The Morgan fingerprint density at radius 1 is 0.917 bits per heavy atom. The molecule has 0 fully saturated rings. The van der Waals surface area contributed by atoms with Gasteiger partial charge in [0.25, 0.3) is 0 Å². The molecule has 0 saturated heterocycles. The predicted molar refractivity (Wildman–Crippen MR) is 101 cm³/mol. The van der Waals surface area contributed by atoms with Gasteiger partial charge in [-0.2, -0.15) is 0 Å². The fourth-order valence-electron chi connectivity index (χ4n) is 4.92. The third kappa shape index (κ3) is 1.56. The largest absolute Gasteiger partial charge is 0.350 e. The Hall–Kier alpha value is -2.48. The van der Waals surface area contributed by atoms with Crippen LogP contribution in [-0.4, -0.2) is 9.13 Å². The van der Waals surface area contributed by atoms with Crippen molar-refractivity contribution in [1.29, 1.82) is 0 Å². The molecule has 0 radical (unpaired) electrons. The Morgan fingerprint density at radius 3 is 2.38 bits per heavy atom. The Bertz CT molecular complexity index is 1100. The van der Waals surface area contributed by atoms with E-state index in [9.17, 15) is 0 Å². The van der Waals surface area contributed by atoms with Gasteiger partial charge in [0.2, 0.25) is 0 Å². The minimum Gasteiger partial charge on any atom is -0.350 e. The van der Waals surface area contributed by atoms with Gasteiger partial charge in [-0.1, -0.05) is 36.4 Å². The molecular formula is C22H22N2. The predicted octanol–water partition coefficient (Wildman–Crippen LogP) is 5.15.